The first-order valence-electron chi connectivity index (χ1n) is 7.75. The predicted octanol–water partition coefficient (Wildman–Crippen LogP) is 4.16. The number of aryl methyl sites for hydroxylation is 4. The standard InChI is InChI=1S/C19H20N2OS/c1-5-14-7-6-8-16-17(14)21(4)19(23-16)20-18(22)15-10-9-12(2)11-13(15)3/h6-11H,5H2,1-4H3. The van der Waals surface area contributed by atoms with Crippen molar-refractivity contribution >= 4 is 27.5 Å². The molecular weight excluding hydrogens is 304 g/mol. The fourth-order valence-electron chi connectivity index (χ4n) is 2.88. The van der Waals surface area contributed by atoms with Gasteiger partial charge in [0.2, 0.25) is 0 Å². The van der Waals surface area contributed by atoms with E-state index in [1.54, 1.807) is 11.3 Å². The van der Waals surface area contributed by atoms with Crippen LogP contribution >= 0.6 is 11.3 Å². The van der Waals surface area contributed by atoms with E-state index in [1.165, 1.54) is 15.8 Å². The lowest BCUT2D eigenvalue weighted by molar-refractivity contribution is 0.0997. The minimum atomic E-state index is -0.178. The maximum Gasteiger partial charge on any atom is 0.279 e. The predicted molar refractivity (Wildman–Crippen MR) is 96.0 cm³/mol. The topological polar surface area (TPSA) is 34.4 Å². The van der Waals surface area contributed by atoms with Crippen molar-refractivity contribution in [3.8, 4) is 0 Å². The van der Waals surface area contributed by atoms with Crippen molar-refractivity contribution in [1.82, 2.24) is 4.57 Å². The molecule has 0 atom stereocenters. The Kier molecular flexibility index (Phi) is 4.18. The molecule has 1 aromatic heterocycles. The van der Waals surface area contributed by atoms with Gasteiger partial charge >= 0.3 is 0 Å². The molecule has 0 aliphatic carbocycles. The van der Waals surface area contributed by atoms with Crippen molar-refractivity contribution in [3.05, 3.63) is 63.5 Å². The summed E-state index contributed by atoms with van der Waals surface area (Å²) >= 11 is 1.56. The van der Waals surface area contributed by atoms with Gasteiger partial charge in [0.15, 0.2) is 4.80 Å². The van der Waals surface area contributed by atoms with E-state index in [0.717, 1.165) is 22.3 Å². The van der Waals surface area contributed by atoms with E-state index in [1.807, 2.05) is 43.7 Å². The van der Waals surface area contributed by atoms with Gasteiger partial charge in [-0.2, -0.15) is 4.99 Å². The molecule has 3 rings (SSSR count). The van der Waals surface area contributed by atoms with Gasteiger partial charge in [-0.05, 0) is 43.5 Å². The van der Waals surface area contributed by atoms with Crippen LogP contribution in [0, 0.1) is 13.8 Å². The van der Waals surface area contributed by atoms with Gasteiger partial charge in [-0.15, -0.1) is 0 Å². The van der Waals surface area contributed by atoms with E-state index in [9.17, 15) is 4.79 Å². The van der Waals surface area contributed by atoms with Crippen LogP contribution in [-0.4, -0.2) is 10.5 Å². The number of para-hydroxylation sites is 1. The zero-order valence-corrected chi connectivity index (χ0v) is 14.7. The molecule has 1 heterocycles. The number of fused-ring (bicyclic) bond motifs is 1. The highest BCUT2D eigenvalue weighted by atomic mass is 32.1. The van der Waals surface area contributed by atoms with Gasteiger partial charge in [-0.1, -0.05) is 48.1 Å². The van der Waals surface area contributed by atoms with Crippen LogP contribution in [0.3, 0.4) is 0 Å². The molecule has 0 aliphatic rings. The molecule has 4 heteroatoms. The molecule has 0 fully saturated rings. The summed E-state index contributed by atoms with van der Waals surface area (Å²) in [4.78, 5) is 17.7. The van der Waals surface area contributed by atoms with Gasteiger partial charge in [-0.25, -0.2) is 0 Å². The summed E-state index contributed by atoms with van der Waals surface area (Å²) in [6, 6.07) is 12.1. The van der Waals surface area contributed by atoms with E-state index < -0.39 is 0 Å². The van der Waals surface area contributed by atoms with Crippen molar-refractivity contribution in [2.24, 2.45) is 12.0 Å². The first-order chi connectivity index (χ1) is 11.0. The number of carbonyl (C=O) groups excluding carboxylic acids is 1. The fourth-order valence-corrected chi connectivity index (χ4v) is 3.94. The molecule has 0 aliphatic heterocycles. The second kappa shape index (κ2) is 6.13. The van der Waals surface area contributed by atoms with E-state index >= 15 is 0 Å². The van der Waals surface area contributed by atoms with Crippen LogP contribution in [0.25, 0.3) is 10.2 Å². The number of hydrogen-bond donors (Lipinski definition) is 0. The highest BCUT2D eigenvalue weighted by Gasteiger charge is 2.11. The van der Waals surface area contributed by atoms with Gasteiger partial charge < -0.3 is 4.57 Å². The lowest BCUT2D eigenvalue weighted by atomic mass is 10.1. The summed E-state index contributed by atoms with van der Waals surface area (Å²) in [5.41, 5.74) is 5.24. The zero-order valence-electron chi connectivity index (χ0n) is 13.9. The lowest BCUT2D eigenvalue weighted by Gasteiger charge is -2.03. The summed E-state index contributed by atoms with van der Waals surface area (Å²) in [6.07, 6.45) is 0.965. The Morgan fingerprint density at radius 2 is 2.00 bits per heavy atom. The van der Waals surface area contributed by atoms with Gasteiger partial charge in [0.05, 0.1) is 10.2 Å². The highest BCUT2D eigenvalue weighted by Crippen LogP contribution is 2.21. The number of nitrogens with zero attached hydrogens (tertiary/aromatic N) is 2. The van der Waals surface area contributed by atoms with E-state index in [4.69, 9.17) is 0 Å². The summed E-state index contributed by atoms with van der Waals surface area (Å²) < 4.78 is 3.19. The molecule has 0 saturated carbocycles. The lowest BCUT2D eigenvalue weighted by Crippen LogP contribution is -2.14. The molecule has 1 amide bonds. The van der Waals surface area contributed by atoms with Crippen molar-refractivity contribution in [2.45, 2.75) is 27.2 Å². The van der Waals surface area contributed by atoms with Crippen LogP contribution in [0.1, 0.15) is 34.0 Å². The van der Waals surface area contributed by atoms with Gasteiger partial charge in [0, 0.05) is 12.6 Å². The number of rotatable bonds is 2. The largest absolute Gasteiger partial charge is 0.319 e. The SMILES string of the molecule is CCc1cccc2sc(=NC(=O)c3ccc(C)cc3C)n(C)c12. The monoisotopic (exact) mass is 324 g/mol. The zero-order chi connectivity index (χ0) is 16.6. The van der Waals surface area contributed by atoms with Gasteiger partial charge in [0.25, 0.3) is 5.91 Å². The summed E-state index contributed by atoms with van der Waals surface area (Å²) in [6.45, 7) is 6.12. The van der Waals surface area contributed by atoms with Crippen LogP contribution in [0.15, 0.2) is 41.4 Å². The molecule has 3 aromatic rings. The van der Waals surface area contributed by atoms with Crippen molar-refractivity contribution in [3.63, 3.8) is 0 Å². The number of hydrogen-bond acceptors (Lipinski definition) is 2. The Hall–Kier alpha value is -2.20. The Balaban J connectivity index is 2.14. The normalized spacial score (nSPS) is 12.1. The van der Waals surface area contributed by atoms with E-state index in [-0.39, 0.29) is 5.91 Å². The quantitative estimate of drug-likeness (QED) is 0.697. The third-order valence-electron chi connectivity index (χ3n) is 4.10. The van der Waals surface area contributed by atoms with Crippen LogP contribution in [0.4, 0.5) is 0 Å². The molecule has 0 unspecified atom stereocenters. The minimum Gasteiger partial charge on any atom is -0.319 e. The first kappa shape index (κ1) is 15.7. The molecule has 23 heavy (non-hydrogen) atoms. The third kappa shape index (κ3) is 2.86. The second-order valence-electron chi connectivity index (χ2n) is 5.80. The first-order valence-corrected chi connectivity index (χ1v) is 8.56. The second-order valence-corrected chi connectivity index (χ2v) is 6.81. The smallest absolute Gasteiger partial charge is 0.279 e. The molecular formula is C19H20N2OS. The fraction of sp³-hybridized carbons (Fsp3) is 0.263. The van der Waals surface area contributed by atoms with Gasteiger partial charge in [-0.3, -0.25) is 4.79 Å². The Morgan fingerprint density at radius 3 is 2.70 bits per heavy atom. The summed E-state index contributed by atoms with van der Waals surface area (Å²) in [5, 5.41) is 0. The third-order valence-corrected chi connectivity index (χ3v) is 5.19. The Bertz CT molecular complexity index is 963. The number of amides is 1. The number of thiazole rings is 1. The van der Waals surface area contributed by atoms with Crippen LogP contribution in [0.5, 0.6) is 0 Å². The molecule has 0 bridgehead atoms. The summed E-state index contributed by atoms with van der Waals surface area (Å²) in [5.74, 6) is -0.178. The molecule has 0 spiro atoms. The van der Waals surface area contributed by atoms with E-state index in [0.29, 0.717) is 5.56 Å². The average molecular weight is 324 g/mol. The molecule has 0 saturated heterocycles. The molecule has 2 aromatic carbocycles. The number of carbonyl (C=O) groups is 1. The Morgan fingerprint density at radius 1 is 1.22 bits per heavy atom. The minimum absolute atomic E-state index is 0.178. The van der Waals surface area contributed by atoms with Crippen LogP contribution in [-0.2, 0) is 13.5 Å². The number of aromatic nitrogens is 1. The van der Waals surface area contributed by atoms with E-state index in [2.05, 4.69) is 30.1 Å². The maximum absolute atomic E-state index is 12.6. The van der Waals surface area contributed by atoms with Crippen LogP contribution in [0.2, 0.25) is 0 Å². The highest BCUT2D eigenvalue weighted by molar-refractivity contribution is 7.16. The molecule has 0 radical (unpaired) electrons. The molecule has 3 nitrogen and oxygen atoms in total. The molecule has 0 N–H and O–H groups in total. The Labute approximate surface area is 139 Å². The maximum atomic E-state index is 12.6. The van der Waals surface area contributed by atoms with Crippen molar-refractivity contribution in [1.29, 1.82) is 0 Å². The van der Waals surface area contributed by atoms with Crippen LogP contribution < -0.4 is 4.80 Å². The van der Waals surface area contributed by atoms with Gasteiger partial charge in [0.1, 0.15) is 0 Å². The average Bonchev–Trinajstić information content (AvgIpc) is 2.83. The summed E-state index contributed by atoms with van der Waals surface area (Å²) in [7, 11) is 1.98. The van der Waals surface area contributed by atoms with Crippen molar-refractivity contribution in [2.75, 3.05) is 0 Å². The van der Waals surface area contributed by atoms with Crippen molar-refractivity contribution < 1.29 is 4.79 Å². The number of benzene rings is 2. The molecule has 118 valence electrons.